The Morgan fingerprint density at radius 1 is 1.11 bits per heavy atom. The SMILES string of the molecule is CCc1c(NC)c(F)cc2c(=O)n(-c3ccc(NC(=O)NS(=O)(=O)c4ccc(Cl)s4)cc3)ccc12. The molecule has 12 heteroatoms. The number of pyridine rings is 1. The first kappa shape index (κ1) is 24.7. The summed E-state index contributed by atoms with van der Waals surface area (Å²) in [6, 6.07) is 10.9. The summed E-state index contributed by atoms with van der Waals surface area (Å²) in [6.07, 6.45) is 2.15. The molecule has 4 rings (SSSR count). The summed E-state index contributed by atoms with van der Waals surface area (Å²) in [5, 5.41) is 6.20. The Balaban J connectivity index is 1.58. The van der Waals surface area contributed by atoms with Crippen molar-refractivity contribution in [2.24, 2.45) is 0 Å². The molecular formula is C23H20ClFN4O4S2. The summed E-state index contributed by atoms with van der Waals surface area (Å²) in [7, 11) is -2.43. The number of nitrogens with zero attached hydrogens (tertiary/aromatic N) is 1. The largest absolute Gasteiger partial charge is 0.386 e. The summed E-state index contributed by atoms with van der Waals surface area (Å²) in [4.78, 5) is 25.3. The van der Waals surface area contributed by atoms with E-state index in [2.05, 4.69) is 10.6 Å². The summed E-state index contributed by atoms with van der Waals surface area (Å²) in [6.45, 7) is 1.89. The minimum absolute atomic E-state index is 0.0896. The van der Waals surface area contributed by atoms with Gasteiger partial charge in [0.1, 0.15) is 10.0 Å². The number of benzene rings is 2. The van der Waals surface area contributed by atoms with Gasteiger partial charge in [-0.15, -0.1) is 11.3 Å². The summed E-state index contributed by atoms with van der Waals surface area (Å²) < 4.78 is 42.6. The molecule has 0 aliphatic carbocycles. The Labute approximate surface area is 209 Å². The predicted octanol–water partition coefficient (Wildman–Crippen LogP) is 4.96. The molecule has 0 atom stereocenters. The Morgan fingerprint density at radius 2 is 1.83 bits per heavy atom. The molecule has 0 fully saturated rings. The molecule has 0 saturated carbocycles. The molecule has 182 valence electrons. The highest BCUT2D eigenvalue weighted by Gasteiger charge is 2.20. The van der Waals surface area contributed by atoms with Crippen LogP contribution in [0.25, 0.3) is 16.5 Å². The minimum Gasteiger partial charge on any atom is -0.386 e. The molecule has 2 amide bonds. The van der Waals surface area contributed by atoms with E-state index in [1.807, 2.05) is 11.6 Å². The zero-order valence-corrected chi connectivity index (χ0v) is 20.9. The van der Waals surface area contributed by atoms with Crippen LogP contribution in [-0.4, -0.2) is 26.1 Å². The average Bonchev–Trinajstić information content (AvgIpc) is 3.26. The predicted molar refractivity (Wildman–Crippen MR) is 137 cm³/mol. The maximum Gasteiger partial charge on any atom is 0.333 e. The standard InChI is InChI=1S/C23H20ClFN4O4S2/c1-3-15-16-10-11-29(22(30)17(16)12-18(25)21(15)26-2)14-6-4-13(5-7-14)27-23(31)28-35(32,33)20-9-8-19(24)34-20/h4-12,26H,3H2,1-2H3,(H2,27,28,31). The van der Waals surface area contributed by atoms with Gasteiger partial charge in [-0.25, -0.2) is 22.3 Å². The van der Waals surface area contributed by atoms with Crippen molar-refractivity contribution in [1.29, 1.82) is 0 Å². The second-order valence-corrected chi connectivity index (χ2v) is 11.1. The van der Waals surface area contributed by atoms with Gasteiger partial charge in [-0.1, -0.05) is 18.5 Å². The molecule has 2 aromatic heterocycles. The van der Waals surface area contributed by atoms with E-state index in [4.69, 9.17) is 11.6 Å². The van der Waals surface area contributed by atoms with E-state index in [-0.39, 0.29) is 13.9 Å². The van der Waals surface area contributed by atoms with Gasteiger partial charge in [-0.2, -0.15) is 0 Å². The maximum atomic E-state index is 14.6. The molecule has 0 spiro atoms. The van der Waals surface area contributed by atoms with E-state index in [0.29, 0.717) is 28.9 Å². The fourth-order valence-corrected chi connectivity index (χ4v) is 6.14. The number of aromatic nitrogens is 1. The van der Waals surface area contributed by atoms with Crippen molar-refractivity contribution in [1.82, 2.24) is 9.29 Å². The Kier molecular flexibility index (Phi) is 6.84. The number of nitrogens with one attached hydrogen (secondary N) is 3. The molecular weight excluding hydrogens is 515 g/mol. The number of thiophene rings is 1. The van der Waals surface area contributed by atoms with Crippen molar-refractivity contribution in [3.05, 3.63) is 80.8 Å². The van der Waals surface area contributed by atoms with Crippen LogP contribution in [0, 0.1) is 5.82 Å². The van der Waals surface area contributed by atoms with E-state index in [9.17, 15) is 22.4 Å². The molecule has 3 N–H and O–H groups in total. The maximum absolute atomic E-state index is 14.6. The van der Waals surface area contributed by atoms with Gasteiger partial charge >= 0.3 is 6.03 Å². The Bertz CT molecular complexity index is 1600. The van der Waals surface area contributed by atoms with E-state index in [1.165, 1.54) is 34.9 Å². The molecule has 35 heavy (non-hydrogen) atoms. The number of amides is 2. The van der Waals surface area contributed by atoms with Crippen LogP contribution in [-0.2, 0) is 16.4 Å². The molecule has 2 aromatic carbocycles. The van der Waals surface area contributed by atoms with E-state index in [0.717, 1.165) is 16.9 Å². The average molecular weight is 535 g/mol. The monoisotopic (exact) mass is 534 g/mol. The third-order valence-electron chi connectivity index (χ3n) is 5.31. The van der Waals surface area contributed by atoms with Crippen LogP contribution in [0.5, 0.6) is 0 Å². The highest BCUT2D eigenvalue weighted by molar-refractivity contribution is 7.92. The summed E-state index contributed by atoms with van der Waals surface area (Å²) in [5.74, 6) is -0.503. The minimum atomic E-state index is -4.06. The van der Waals surface area contributed by atoms with Gasteiger partial charge in [0.05, 0.1) is 15.4 Å². The van der Waals surface area contributed by atoms with Crippen LogP contribution in [0.2, 0.25) is 4.34 Å². The molecule has 0 radical (unpaired) electrons. The van der Waals surface area contributed by atoms with E-state index in [1.54, 1.807) is 31.4 Å². The number of carbonyl (C=O) groups is 1. The lowest BCUT2D eigenvalue weighted by molar-refractivity contribution is 0.256. The smallest absolute Gasteiger partial charge is 0.333 e. The van der Waals surface area contributed by atoms with Gasteiger partial charge in [-0.3, -0.25) is 9.36 Å². The van der Waals surface area contributed by atoms with Crippen molar-refractivity contribution in [3.63, 3.8) is 0 Å². The number of sulfonamides is 1. The number of halogens is 2. The zero-order valence-electron chi connectivity index (χ0n) is 18.6. The van der Waals surface area contributed by atoms with Crippen molar-refractivity contribution in [2.75, 3.05) is 17.7 Å². The van der Waals surface area contributed by atoms with E-state index < -0.39 is 27.4 Å². The number of urea groups is 1. The van der Waals surface area contributed by atoms with Crippen LogP contribution in [0.4, 0.5) is 20.6 Å². The van der Waals surface area contributed by atoms with Crippen molar-refractivity contribution in [3.8, 4) is 5.69 Å². The van der Waals surface area contributed by atoms with Crippen molar-refractivity contribution >= 4 is 61.1 Å². The first-order chi connectivity index (χ1) is 16.6. The second kappa shape index (κ2) is 9.68. The highest BCUT2D eigenvalue weighted by atomic mass is 35.5. The number of aryl methyl sites for hydroxylation is 1. The van der Waals surface area contributed by atoms with Crippen LogP contribution < -0.4 is 20.9 Å². The van der Waals surface area contributed by atoms with Gasteiger partial charge in [0.15, 0.2) is 0 Å². The van der Waals surface area contributed by atoms with Gasteiger partial charge in [0, 0.05) is 24.6 Å². The summed E-state index contributed by atoms with van der Waals surface area (Å²) in [5.41, 5.74) is 1.49. The van der Waals surface area contributed by atoms with Crippen LogP contribution in [0.15, 0.2) is 63.7 Å². The van der Waals surface area contributed by atoms with Crippen LogP contribution in [0.1, 0.15) is 12.5 Å². The molecule has 0 aliphatic rings. The lowest BCUT2D eigenvalue weighted by Crippen LogP contribution is -2.33. The number of fused-ring (bicyclic) bond motifs is 1. The summed E-state index contributed by atoms with van der Waals surface area (Å²) >= 11 is 6.58. The fraction of sp³-hybridized carbons (Fsp3) is 0.130. The highest BCUT2D eigenvalue weighted by Crippen LogP contribution is 2.29. The normalized spacial score (nSPS) is 11.4. The third kappa shape index (κ3) is 4.88. The Morgan fingerprint density at radius 3 is 2.43 bits per heavy atom. The second-order valence-electron chi connectivity index (χ2n) is 7.43. The molecule has 8 nitrogen and oxygen atoms in total. The molecule has 2 heterocycles. The number of anilines is 2. The topological polar surface area (TPSA) is 109 Å². The number of carbonyl (C=O) groups excluding carboxylic acids is 1. The van der Waals surface area contributed by atoms with Gasteiger partial charge in [0.25, 0.3) is 15.6 Å². The lowest BCUT2D eigenvalue weighted by atomic mass is 10.0. The Hall–Kier alpha value is -3.41. The third-order valence-corrected chi connectivity index (χ3v) is 8.37. The fourth-order valence-electron chi connectivity index (χ4n) is 3.75. The first-order valence-corrected chi connectivity index (χ1v) is 13.1. The number of hydrogen-bond acceptors (Lipinski definition) is 6. The van der Waals surface area contributed by atoms with Crippen molar-refractivity contribution in [2.45, 2.75) is 17.6 Å². The van der Waals surface area contributed by atoms with E-state index >= 15 is 0 Å². The molecule has 0 unspecified atom stereocenters. The van der Waals surface area contributed by atoms with Crippen LogP contribution >= 0.6 is 22.9 Å². The zero-order chi connectivity index (χ0) is 25.3. The molecule has 0 aliphatic heterocycles. The number of rotatable bonds is 6. The number of hydrogen-bond donors (Lipinski definition) is 3. The van der Waals surface area contributed by atoms with Gasteiger partial charge in [0.2, 0.25) is 0 Å². The first-order valence-electron chi connectivity index (χ1n) is 10.4. The van der Waals surface area contributed by atoms with Gasteiger partial charge in [-0.05, 0) is 65.9 Å². The van der Waals surface area contributed by atoms with Crippen molar-refractivity contribution < 1.29 is 17.6 Å². The molecule has 4 aromatic rings. The molecule has 0 saturated heterocycles. The lowest BCUT2D eigenvalue weighted by Gasteiger charge is -2.14. The quantitative estimate of drug-likeness (QED) is 0.324. The van der Waals surface area contributed by atoms with Crippen LogP contribution in [0.3, 0.4) is 0 Å². The van der Waals surface area contributed by atoms with Gasteiger partial charge < -0.3 is 10.6 Å². The molecule has 0 bridgehead atoms.